The maximum atomic E-state index is 11.7. The number of carbonyl (C=O) groups excluding carboxylic acids is 1. The largest absolute Gasteiger partial charge is 0.469 e. The van der Waals surface area contributed by atoms with Crippen molar-refractivity contribution in [3.63, 3.8) is 0 Å². The topological polar surface area (TPSA) is 52.3 Å². The van der Waals surface area contributed by atoms with Gasteiger partial charge in [-0.2, -0.15) is 0 Å². The first-order chi connectivity index (χ1) is 8.61. The highest BCUT2D eigenvalue weighted by Crippen LogP contribution is 2.39. The fourth-order valence-corrected chi connectivity index (χ4v) is 2.20. The summed E-state index contributed by atoms with van der Waals surface area (Å²) in [5.41, 5.74) is 5.88. The number of ether oxygens (including phenoxy) is 1. The monoisotopic (exact) mass is 303 g/mol. The summed E-state index contributed by atoms with van der Waals surface area (Å²) in [5, 5.41) is 0.917. The summed E-state index contributed by atoms with van der Waals surface area (Å²) in [5.74, 6) is -0.313. The number of hydrogen-bond donors (Lipinski definition) is 1. The lowest BCUT2D eigenvalue weighted by molar-refractivity contribution is -0.142. The maximum Gasteiger partial charge on any atom is 0.306 e. The van der Waals surface area contributed by atoms with Crippen molar-refractivity contribution >= 4 is 29.2 Å². The second-order valence-electron chi connectivity index (χ2n) is 5.44. The van der Waals surface area contributed by atoms with E-state index in [0.29, 0.717) is 10.0 Å². The Balaban J connectivity index is 3.31. The smallest absolute Gasteiger partial charge is 0.306 e. The predicted molar refractivity (Wildman–Crippen MR) is 78.7 cm³/mol. The van der Waals surface area contributed by atoms with Crippen LogP contribution >= 0.6 is 23.2 Å². The van der Waals surface area contributed by atoms with Crippen LogP contribution in [-0.4, -0.2) is 18.6 Å². The summed E-state index contributed by atoms with van der Waals surface area (Å²) in [6, 6.07) is 5.30. The van der Waals surface area contributed by atoms with Crippen molar-refractivity contribution in [2.45, 2.75) is 38.1 Å². The molecule has 0 saturated heterocycles. The van der Waals surface area contributed by atoms with Crippen LogP contribution in [-0.2, 0) is 14.9 Å². The Labute approximate surface area is 124 Å². The number of carbonyl (C=O) groups is 1. The van der Waals surface area contributed by atoms with Crippen LogP contribution in [0.25, 0.3) is 0 Å². The van der Waals surface area contributed by atoms with Crippen molar-refractivity contribution in [1.82, 2.24) is 0 Å². The molecule has 0 heterocycles. The molecule has 1 unspecified atom stereocenters. The van der Waals surface area contributed by atoms with Gasteiger partial charge in [-0.15, -0.1) is 0 Å². The van der Waals surface area contributed by atoms with E-state index in [1.807, 2.05) is 26.8 Å². The van der Waals surface area contributed by atoms with E-state index < -0.39 is 11.0 Å². The molecule has 1 aromatic carbocycles. The zero-order chi connectivity index (χ0) is 14.8. The Morgan fingerprint density at radius 2 is 1.84 bits per heavy atom. The lowest BCUT2D eigenvalue weighted by Gasteiger charge is -2.41. The highest BCUT2D eigenvalue weighted by Gasteiger charge is 2.42. The zero-order valence-corrected chi connectivity index (χ0v) is 13.1. The van der Waals surface area contributed by atoms with Gasteiger partial charge in [0, 0.05) is 11.0 Å². The van der Waals surface area contributed by atoms with Gasteiger partial charge in [0.05, 0.1) is 23.6 Å². The lowest BCUT2D eigenvalue weighted by atomic mass is 9.66. The SMILES string of the molecule is COC(=O)CC(C)(c1ccc(Cl)c(Cl)c1)C(C)(C)N. The zero-order valence-electron chi connectivity index (χ0n) is 11.6. The Kier molecular flexibility index (Phi) is 4.88. The molecule has 0 amide bonds. The van der Waals surface area contributed by atoms with Crippen LogP contribution in [0.2, 0.25) is 10.0 Å². The normalized spacial score (nSPS) is 14.9. The molecule has 0 aliphatic rings. The van der Waals surface area contributed by atoms with Gasteiger partial charge in [0.15, 0.2) is 0 Å². The van der Waals surface area contributed by atoms with Crippen molar-refractivity contribution in [3.05, 3.63) is 33.8 Å². The summed E-state index contributed by atoms with van der Waals surface area (Å²) in [6.45, 7) is 5.67. The van der Waals surface area contributed by atoms with E-state index >= 15 is 0 Å². The molecule has 0 fully saturated rings. The van der Waals surface area contributed by atoms with Crippen molar-refractivity contribution in [1.29, 1.82) is 0 Å². The second kappa shape index (κ2) is 5.70. The first-order valence-electron chi connectivity index (χ1n) is 5.93. The van der Waals surface area contributed by atoms with Gasteiger partial charge >= 0.3 is 5.97 Å². The van der Waals surface area contributed by atoms with Crippen LogP contribution in [0.4, 0.5) is 0 Å². The van der Waals surface area contributed by atoms with Gasteiger partial charge in [-0.05, 0) is 31.5 Å². The molecule has 3 nitrogen and oxygen atoms in total. The van der Waals surface area contributed by atoms with Gasteiger partial charge in [0.2, 0.25) is 0 Å². The Morgan fingerprint density at radius 1 is 1.26 bits per heavy atom. The van der Waals surface area contributed by atoms with E-state index in [2.05, 4.69) is 0 Å². The molecule has 0 spiro atoms. The van der Waals surface area contributed by atoms with E-state index in [1.165, 1.54) is 7.11 Å². The molecule has 1 atom stereocenters. The maximum absolute atomic E-state index is 11.7. The Hall–Kier alpha value is -0.770. The number of halogens is 2. The van der Waals surface area contributed by atoms with E-state index in [1.54, 1.807) is 12.1 Å². The van der Waals surface area contributed by atoms with Crippen LogP contribution in [0.1, 0.15) is 32.8 Å². The molecule has 106 valence electrons. The minimum absolute atomic E-state index is 0.172. The van der Waals surface area contributed by atoms with Gasteiger partial charge in [-0.1, -0.05) is 36.2 Å². The van der Waals surface area contributed by atoms with Crippen molar-refractivity contribution in [3.8, 4) is 0 Å². The van der Waals surface area contributed by atoms with Crippen LogP contribution in [0, 0.1) is 0 Å². The Morgan fingerprint density at radius 3 is 2.26 bits per heavy atom. The molecular weight excluding hydrogens is 285 g/mol. The Bertz CT molecular complexity index is 483. The molecule has 2 N–H and O–H groups in total. The summed E-state index contributed by atoms with van der Waals surface area (Å²) in [6.07, 6.45) is 0.172. The third-order valence-corrected chi connectivity index (χ3v) is 4.44. The van der Waals surface area contributed by atoms with E-state index in [4.69, 9.17) is 33.7 Å². The third-order valence-electron chi connectivity index (χ3n) is 3.70. The first-order valence-corrected chi connectivity index (χ1v) is 6.68. The van der Waals surface area contributed by atoms with E-state index in [0.717, 1.165) is 5.56 Å². The molecule has 1 rings (SSSR count). The number of rotatable bonds is 4. The van der Waals surface area contributed by atoms with Crippen molar-refractivity contribution in [2.75, 3.05) is 7.11 Å². The standard InChI is InChI=1S/C14H19Cl2NO2/c1-13(2,17)14(3,8-12(18)19-4)9-5-6-10(15)11(16)7-9/h5-7H,8,17H2,1-4H3. The molecule has 0 radical (unpaired) electrons. The number of nitrogens with two attached hydrogens (primary N) is 1. The highest BCUT2D eigenvalue weighted by molar-refractivity contribution is 6.42. The predicted octanol–water partition coefficient (Wildman–Crippen LogP) is 3.55. The molecule has 1 aromatic rings. The van der Waals surface area contributed by atoms with Gasteiger partial charge in [0.25, 0.3) is 0 Å². The molecule has 0 aliphatic carbocycles. The van der Waals surface area contributed by atoms with Crippen LogP contribution in [0.5, 0.6) is 0 Å². The molecule has 0 saturated carbocycles. The molecule has 0 bridgehead atoms. The second-order valence-corrected chi connectivity index (χ2v) is 6.25. The fourth-order valence-electron chi connectivity index (χ4n) is 1.90. The minimum atomic E-state index is -0.627. The number of hydrogen-bond acceptors (Lipinski definition) is 3. The number of esters is 1. The van der Waals surface area contributed by atoms with Gasteiger partial charge in [-0.3, -0.25) is 4.79 Å². The van der Waals surface area contributed by atoms with Gasteiger partial charge in [-0.25, -0.2) is 0 Å². The van der Waals surface area contributed by atoms with Gasteiger partial charge < -0.3 is 10.5 Å². The first kappa shape index (κ1) is 16.3. The lowest BCUT2D eigenvalue weighted by Crippen LogP contribution is -2.53. The highest BCUT2D eigenvalue weighted by atomic mass is 35.5. The number of benzene rings is 1. The third kappa shape index (κ3) is 3.41. The molecule has 19 heavy (non-hydrogen) atoms. The van der Waals surface area contributed by atoms with Crippen LogP contribution in [0.15, 0.2) is 18.2 Å². The summed E-state index contributed by atoms with van der Waals surface area (Å²) in [7, 11) is 1.36. The average molecular weight is 304 g/mol. The van der Waals surface area contributed by atoms with Gasteiger partial charge in [0.1, 0.15) is 0 Å². The molecule has 0 aromatic heterocycles. The van der Waals surface area contributed by atoms with Crippen LogP contribution in [0.3, 0.4) is 0 Å². The van der Waals surface area contributed by atoms with Crippen molar-refractivity contribution in [2.24, 2.45) is 5.73 Å². The van der Waals surface area contributed by atoms with Crippen LogP contribution < -0.4 is 5.73 Å². The quantitative estimate of drug-likeness (QED) is 0.865. The summed E-state index contributed by atoms with van der Waals surface area (Å²) >= 11 is 12.0. The number of methoxy groups -OCH3 is 1. The molecular formula is C14H19Cl2NO2. The summed E-state index contributed by atoms with van der Waals surface area (Å²) in [4.78, 5) is 11.7. The molecule has 0 aliphatic heterocycles. The molecule has 5 heteroatoms. The van der Waals surface area contributed by atoms with Crippen molar-refractivity contribution < 1.29 is 9.53 Å². The minimum Gasteiger partial charge on any atom is -0.469 e. The average Bonchev–Trinajstić information content (AvgIpc) is 2.30. The fraction of sp³-hybridized carbons (Fsp3) is 0.500. The summed E-state index contributed by atoms with van der Waals surface area (Å²) < 4.78 is 4.76. The van der Waals surface area contributed by atoms with E-state index in [-0.39, 0.29) is 12.4 Å². The van der Waals surface area contributed by atoms with E-state index in [9.17, 15) is 4.79 Å².